The highest BCUT2D eigenvalue weighted by Crippen LogP contribution is 2.18. The number of pyridine rings is 1. The van der Waals surface area contributed by atoms with Crippen LogP contribution in [0, 0.1) is 6.92 Å². The highest BCUT2D eigenvalue weighted by atomic mass is 16.1. The molecule has 0 saturated carbocycles. The van der Waals surface area contributed by atoms with Gasteiger partial charge in [0.2, 0.25) is 0 Å². The topological polar surface area (TPSA) is 26.9 Å². The molecule has 0 aromatic carbocycles. The SMILES string of the molecule is CCn1c(C)cc2c(ccn2C(C)C)c1=O. The van der Waals surface area contributed by atoms with Crippen molar-refractivity contribution >= 4 is 10.9 Å². The first-order valence-electron chi connectivity index (χ1n) is 5.77. The summed E-state index contributed by atoms with van der Waals surface area (Å²) >= 11 is 0. The van der Waals surface area contributed by atoms with Gasteiger partial charge in [-0.25, -0.2) is 0 Å². The third-order valence-electron chi connectivity index (χ3n) is 3.08. The fourth-order valence-corrected chi connectivity index (χ4v) is 2.22. The molecule has 0 atom stereocenters. The maximum absolute atomic E-state index is 12.2. The highest BCUT2D eigenvalue weighted by molar-refractivity contribution is 5.79. The van der Waals surface area contributed by atoms with Crippen molar-refractivity contribution in [1.82, 2.24) is 9.13 Å². The van der Waals surface area contributed by atoms with Crippen LogP contribution in [0.5, 0.6) is 0 Å². The smallest absolute Gasteiger partial charge is 0.260 e. The van der Waals surface area contributed by atoms with Gasteiger partial charge in [-0.1, -0.05) is 0 Å². The molecule has 0 N–H and O–H groups in total. The van der Waals surface area contributed by atoms with E-state index in [0.29, 0.717) is 6.04 Å². The Hall–Kier alpha value is -1.51. The number of hydrogen-bond donors (Lipinski definition) is 0. The van der Waals surface area contributed by atoms with E-state index < -0.39 is 0 Å². The summed E-state index contributed by atoms with van der Waals surface area (Å²) in [5, 5.41) is 0.821. The summed E-state index contributed by atoms with van der Waals surface area (Å²) in [7, 11) is 0. The first-order valence-corrected chi connectivity index (χ1v) is 5.77. The second kappa shape index (κ2) is 3.81. The first kappa shape index (κ1) is 11.0. The number of nitrogens with zero attached hydrogens (tertiary/aromatic N) is 2. The first-order chi connectivity index (χ1) is 7.56. The Morgan fingerprint density at radius 1 is 1.38 bits per heavy atom. The maximum Gasteiger partial charge on any atom is 0.260 e. The molecule has 3 heteroatoms. The van der Waals surface area contributed by atoms with E-state index in [1.807, 2.05) is 30.7 Å². The Morgan fingerprint density at radius 3 is 2.62 bits per heavy atom. The van der Waals surface area contributed by atoms with Crippen LogP contribution in [0.4, 0.5) is 0 Å². The quantitative estimate of drug-likeness (QED) is 0.761. The predicted molar refractivity (Wildman–Crippen MR) is 67.0 cm³/mol. The standard InChI is InChI=1S/C13H18N2O/c1-5-14-10(4)8-12-11(13(14)16)6-7-15(12)9(2)3/h6-9H,5H2,1-4H3. The minimum Gasteiger partial charge on any atom is -0.345 e. The van der Waals surface area contributed by atoms with Crippen LogP contribution in [0.2, 0.25) is 0 Å². The molecule has 0 bridgehead atoms. The van der Waals surface area contributed by atoms with Crippen LogP contribution >= 0.6 is 0 Å². The van der Waals surface area contributed by atoms with Crippen molar-refractivity contribution in [3.8, 4) is 0 Å². The molecule has 0 spiro atoms. The minimum absolute atomic E-state index is 0.122. The summed E-state index contributed by atoms with van der Waals surface area (Å²) in [4.78, 5) is 12.2. The summed E-state index contributed by atoms with van der Waals surface area (Å²) in [6.07, 6.45) is 2.00. The number of rotatable bonds is 2. The number of fused-ring (bicyclic) bond motifs is 1. The van der Waals surface area contributed by atoms with E-state index in [0.717, 1.165) is 23.1 Å². The van der Waals surface area contributed by atoms with Crippen LogP contribution < -0.4 is 5.56 Å². The average Bonchev–Trinajstić information content (AvgIpc) is 2.62. The molecule has 16 heavy (non-hydrogen) atoms. The van der Waals surface area contributed by atoms with Gasteiger partial charge in [0, 0.05) is 24.5 Å². The van der Waals surface area contributed by atoms with Crippen LogP contribution in [-0.4, -0.2) is 9.13 Å². The lowest BCUT2D eigenvalue weighted by molar-refractivity contribution is 0.621. The molecule has 86 valence electrons. The molecule has 3 nitrogen and oxygen atoms in total. The number of aryl methyl sites for hydroxylation is 1. The maximum atomic E-state index is 12.2. The Labute approximate surface area is 95.3 Å². The van der Waals surface area contributed by atoms with Crippen molar-refractivity contribution in [2.24, 2.45) is 0 Å². The van der Waals surface area contributed by atoms with E-state index in [2.05, 4.69) is 24.5 Å². The van der Waals surface area contributed by atoms with Crippen molar-refractivity contribution in [3.63, 3.8) is 0 Å². The van der Waals surface area contributed by atoms with Crippen molar-refractivity contribution < 1.29 is 0 Å². The van der Waals surface area contributed by atoms with Crippen LogP contribution in [0.25, 0.3) is 10.9 Å². The molecule has 0 radical (unpaired) electrons. The van der Waals surface area contributed by atoms with Crippen molar-refractivity contribution in [1.29, 1.82) is 0 Å². The van der Waals surface area contributed by atoms with Crippen LogP contribution in [0.1, 0.15) is 32.5 Å². The monoisotopic (exact) mass is 218 g/mol. The van der Waals surface area contributed by atoms with E-state index in [1.54, 1.807) is 0 Å². The van der Waals surface area contributed by atoms with Gasteiger partial charge in [-0.15, -0.1) is 0 Å². The third kappa shape index (κ3) is 1.47. The second-order valence-electron chi connectivity index (χ2n) is 4.45. The summed E-state index contributed by atoms with van der Waals surface area (Å²) in [6.45, 7) is 8.97. The minimum atomic E-state index is 0.122. The molecule has 0 saturated heterocycles. The molecular weight excluding hydrogens is 200 g/mol. The van der Waals surface area contributed by atoms with E-state index in [4.69, 9.17) is 0 Å². The van der Waals surface area contributed by atoms with Crippen LogP contribution in [0.3, 0.4) is 0 Å². The van der Waals surface area contributed by atoms with Crippen molar-refractivity contribution in [2.75, 3.05) is 0 Å². The fourth-order valence-electron chi connectivity index (χ4n) is 2.22. The molecule has 2 aromatic rings. The summed E-state index contributed by atoms with van der Waals surface area (Å²) in [5.74, 6) is 0. The zero-order valence-corrected chi connectivity index (χ0v) is 10.3. The van der Waals surface area contributed by atoms with Crippen molar-refractivity contribution in [3.05, 3.63) is 34.4 Å². The largest absolute Gasteiger partial charge is 0.345 e. The lowest BCUT2D eigenvalue weighted by Crippen LogP contribution is -2.21. The molecular formula is C13H18N2O. The third-order valence-corrected chi connectivity index (χ3v) is 3.08. The zero-order chi connectivity index (χ0) is 11.9. The molecule has 2 aromatic heterocycles. The van der Waals surface area contributed by atoms with E-state index >= 15 is 0 Å². The Morgan fingerprint density at radius 2 is 2.06 bits per heavy atom. The number of aromatic nitrogens is 2. The summed E-state index contributed by atoms with van der Waals surface area (Å²) < 4.78 is 3.96. The van der Waals surface area contributed by atoms with Gasteiger partial charge in [-0.2, -0.15) is 0 Å². The van der Waals surface area contributed by atoms with E-state index in [-0.39, 0.29) is 5.56 Å². The summed E-state index contributed by atoms with van der Waals surface area (Å²) in [5.41, 5.74) is 2.19. The zero-order valence-electron chi connectivity index (χ0n) is 10.3. The van der Waals surface area contributed by atoms with Gasteiger partial charge in [-0.05, 0) is 39.8 Å². The lowest BCUT2D eigenvalue weighted by atomic mass is 10.2. The molecule has 0 amide bonds. The van der Waals surface area contributed by atoms with Crippen molar-refractivity contribution in [2.45, 2.75) is 40.3 Å². The molecule has 0 aliphatic rings. The van der Waals surface area contributed by atoms with E-state index in [1.165, 1.54) is 0 Å². The molecule has 0 aliphatic heterocycles. The molecule has 0 unspecified atom stereocenters. The fraction of sp³-hybridized carbons (Fsp3) is 0.462. The lowest BCUT2D eigenvalue weighted by Gasteiger charge is -2.12. The van der Waals surface area contributed by atoms with Crippen LogP contribution in [-0.2, 0) is 6.54 Å². The summed E-state index contributed by atoms with van der Waals surface area (Å²) in [6, 6.07) is 4.40. The van der Waals surface area contributed by atoms with Gasteiger partial charge in [0.1, 0.15) is 0 Å². The predicted octanol–water partition coefficient (Wildman–Crippen LogP) is 2.71. The highest BCUT2D eigenvalue weighted by Gasteiger charge is 2.10. The Kier molecular flexibility index (Phi) is 2.62. The van der Waals surface area contributed by atoms with Gasteiger partial charge in [0.05, 0.1) is 10.9 Å². The van der Waals surface area contributed by atoms with Gasteiger partial charge in [0.15, 0.2) is 0 Å². The van der Waals surface area contributed by atoms with Gasteiger partial charge >= 0.3 is 0 Å². The van der Waals surface area contributed by atoms with Crippen LogP contribution in [0.15, 0.2) is 23.1 Å². The average molecular weight is 218 g/mol. The molecule has 2 heterocycles. The van der Waals surface area contributed by atoms with Gasteiger partial charge < -0.3 is 9.13 Å². The molecule has 0 aliphatic carbocycles. The Balaban J connectivity index is 2.84. The number of hydrogen-bond acceptors (Lipinski definition) is 1. The normalized spacial score (nSPS) is 11.6. The van der Waals surface area contributed by atoms with Gasteiger partial charge in [-0.3, -0.25) is 4.79 Å². The van der Waals surface area contributed by atoms with Gasteiger partial charge in [0.25, 0.3) is 5.56 Å². The molecule has 0 fully saturated rings. The second-order valence-corrected chi connectivity index (χ2v) is 4.45. The Bertz CT molecular complexity index is 575. The molecule has 2 rings (SSSR count). The van der Waals surface area contributed by atoms with E-state index in [9.17, 15) is 4.79 Å².